The quantitative estimate of drug-likeness (QED) is 0.345. The third-order valence-electron chi connectivity index (χ3n) is 5.35. The first kappa shape index (κ1) is 20.7. The minimum absolute atomic E-state index is 0.151. The summed E-state index contributed by atoms with van der Waals surface area (Å²) in [7, 11) is 1.97. The average molecular weight is 456 g/mol. The summed E-state index contributed by atoms with van der Waals surface area (Å²) in [6, 6.07) is 19.4. The van der Waals surface area contributed by atoms with Crippen LogP contribution in [0.2, 0.25) is 0 Å². The van der Waals surface area contributed by atoms with Crippen molar-refractivity contribution in [3.05, 3.63) is 83.5 Å². The predicted octanol–water partition coefficient (Wildman–Crippen LogP) is 5.64. The maximum Gasteiger partial charge on any atom is 0.267 e. The Kier molecular flexibility index (Phi) is 5.27. The summed E-state index contributed by atoms with van der Waals surface area (Å²) in [5, 5.41) is 5.52. The van der Waals surface area contributed by atoms with Crippen LogP contribution in [0.25, 0.3) is 21.5 Å². The first-order chi connectivity index (χ1) is 16.0. The highest BCUT2D eigenvalue weighted by Gasteiger charge is 2.12. The van der Waals surface area contributed by atoms with Gasteiger partial charge in [0.05, 0.1) is 11.0 Å². The highest BCUT2D eigenvalue weighted by Crippen LogP contribution is 2.32. The van der Waals surface area contributed by atoms with E-state index in [4.69, 9.17) is 15.5 Å². The van der Waals surface area contributed by atoms with E-state index in [1.807, 2.05) is 29.8 Å². The van der Waals surface area contributed by atoms with Crippen LogP contribution in [0, 0.1) is 6.92 Å². The number of hydrogen-bond acceptors (Lipinski definition) is 6. The smallest absolute Gasteiger partial charge is 0.267 e. The van der Waals surface area contributed by atoms with Crippen molar-refractivity contribution in [1.29, 1.82) is 0 Å². The number of nitrogens with zero attached hydrogens (tertiary/aromatic N) is 3. The molecule has 3 heterocycles. The molecule has 8 heteroatoms. The van der Waals surface area contributed by atoms with Gasteiger partial charge in [0.1, 0.15) is 17.2 Å². The molecule has 0 unspecified atom stereocenters. The molecule has 7 nitrogen and oxygen atoms in total. The number of carbonyl (C=O) groups is 1. The lowest BCUT2D eigenvalue weighted by molar-refractivity contribution is 0.0995. The molecule has 3 N–H and O–H groups in total. The summed E-state index contributed by atoms with van der Waals surface area (Å²) in [4.78, 5) is 21.3. The molecule has 5 rings (SSSR count). The Balaban J connectivity index is 1.43. The molecule has 5 aromatic rings. The third kappa shape index (κ3) is 4.16. The topological polar surface area (TPSA) is 95.1 Å². The number of primary amides is 1. The molecule has 164 valence electrons. The van der Waals surface area contributed by atoms with Crippen molar-refractivity contribution in [2.75, 3.05) is 5.32 Å². The lowest BCUT2D eigenvalue weighted by Gasteiger charge is -2.10. The second-order valence-corrected chi connectivity index (χ2v) is 8.57. The van der Waals surface area contributed by atoms with Crippen LogP contribution < -0.4 is 15.8 Å². The van der Waals surface area contributed by atoms with Crippen molar-refractivity contribution in [2.24, 2.45) is 12.8 Å². The zero-order valence-electron chi connectivity index (χ0n) is 18.1. The number of thiophene rings is 1. The number of ether oxygens (including phenoxy) is 1. The maximum absolute atomic E-state index is 11.4. The van der Waals surface area contributed by atoms with Gasteiger partial charge in [-0.05, 0) is 59.8 Å². The molecule has 0 saturated heterocycles. The molecule has 0 fully saturated rings. The molecule has 0 saturated carbocycles. The van der Waals surface area contributed by atoms with E-state index >= 15 is 0 Å². The number of imidazole rings is 1. The SMILES string of the molecule is Cc1ccc(Nc2nc3cc(Oc4ccnc(C(N)=O)c4)ccc3n2C)cc1-c1cccs1. The van der Waals surface area contributed by atoms with Gasteiger partial charge in [-0.25, -0.2) is 4.98 Å². The summed E-state index contributed by atoms with van der Waals surface area (Å²) in [5.74, 6) is 1.20. The first-order valence-electron chi connectivity index (χ1n) is 10.3. The van der Waals surface area contributed by atoms with E-state index in [1.165, 1.54) is 28.3 Å². The van der Waals surface area contributed by atoms with Crippen molar-refractivity contribution in [1.82, 2.24) is 14.5 Å². The van der Waals surface area contributed by atoms with Crippen LogP contribution >= 0.6 is 11.3 Å². The Morgan fingerprint density at radius 1 is 1.09 bits per heavy atom. The number of hydrogen-bond donors (Lipinski definition) is 2. The summed E-state index contributed by atoms with van der Waals surface area (Å²) < 4.78 is 7.90. The largest absolute Gasteiger partial charge is 0.457 e. The zero-order chi connectivity index (χ0) is 22.9. The van der Waals surface area contributed by atoms with Crippen LogP contribution in [0.3, 0.4) is 0 Å². The highest BCUT2D eigenvalue weighted by molar-refractivity contribution is 7.13. The van der Waals surface area contributed by atoms with E-state index in [2.05, 4.69) is 52.9 Å². The second-order valence-electron chi connectivity index (χ2n) is 7.62. The van der Waals surface area contributed by atoms with Crippen molar-refractivity contribution in [2.45, 2.75) is 6.92 Å². The van der Waals surface area contributed by atoms with Gasteiger partial charge in [0.2, 0.25) is 5.95 Å². The molecule has 0 radical (unpaired) electrons. The normalized spacial score (nSPS) is 11.0. The Labute approximate surface area is 194 Å². The number of anilines is 2. The molecule has 0 spiro atoms. The van der Waals surface area contributed by atoms with E-state index < -0.39 is 5.91 Å². The fourth-order valence-corrected chi connectivity index (χ4v) is 4.43. The van der Waals surface area contributed by atoms with Gasteiger partial charge in [-0.1, -0.05) is 12.1 Å². The minimum atomic E-state index is -0.602. The summed E-state index contributed by atoms with van der Waals surface area (Å²) in [6.45, 7) is 2.12. The van der Waals surface area contributed by atoms with Gasteiger partial charge in [-0.3, -0.25) is 9.78 Å². The Morgan fingerprint density at radius 2 is 1.94 bits per heavy atom. The summed E-state index contributed by atoms with van der Waals surface area (Å²) >= 11 is 1.72. The van der Waals surface area contributed by atoms with Crippen molar-refractivity contribution in [3.8, 4) is 21.9 Å². The number of aromatic nitrogens is 3. The Bertz CT molecular complexity index is 1470. The molecular formula is C25H21N5O2S. The summed E-state index contributed by atoms with van der Waals surface area (Å²) in [5.41, 5.74) is 10.6. The number of amides is 1. The monoisotopic (exact) mass is 455 g/mol. The van der Waals surface area contributed by atoms with Gasteiger partial charge < -0.3 is 20.4 Å². The van der Waals surface area contributed by atoms with Crippen molar-refractivity contribution in [3.63, 3.8) is 0 Å². The Morgan fingerprint density at radius 3 is 2.73 bits per heavy atom. The molecule has 0 aliphatic heterocycles. The van der Waals surface area contributed by atoms with Crippen LogP contribution in [0.1, 0.15) is 16.1 Å². The fraction of sp³-hybridized carbons (Fsp3) is 0.0800. The van der Waals surface area contributed by atoms with Gasteiger partial charge in [0, 0.05) is 35.9 Å². The zero-order valence-corrected chi connectivity index (χ0v) is 18.9. The van der Waals surface area contributed by atoms with Crippen LogP contribution in [-0.4, -0.2) is 20.4 Å². The van der Waals surface area contributed by atoms with Crippen LogP contribution in [0.5, 0.6) is 11.5 Å². The van der Waals surface area contributed by atoms with Crippen molar-refractivity contribution >= 4 is 39.9 Å². The van der Waals surface area contributed by atoms with Gasteiger partial charge in [-0.2, -0.15) is 0 Å². The van der Waals surface area contributed by atoms with E-state index in [-0.39, 0.29) is 5.69 Å². The third-order valence-corrected chi connectivity index (χ3v) is 6.26. The first-order valence-corrected chi connectivity index (χ1v) is 11.2. The average Bonchev–Trinajstić information content (AvgIpc) is 3.44. The minimum Gasteiger partial charge on any atom is -0.457 e. The standard InChI is InChI=1S/C25H21N5O2S/c1-15-5-6-16(12-19(15)23-4-3-11-33-23)28-25-29-20-13-17(7-8-22(20)30(25)2)32-18-9-10-27-21(14-18)24(26)31/h3-14H,1-2H3,(H2,26,31)(H,28,29). The van der Waals surface area contributed by atoms with E-state index in [1.54, 1.807) is 17.4 Å². The number of fused-ring (bicyclic) bond motifs is 1. The predicted molar refractivity (Wildman–Crippen MR) is 131 cm³/mol. The van der Waals surface area contributed by atoms with Gasteiger partial charge >= 0.3 is 0 Å². The molecule has 0 bridgehead atoms. The lowest BCUT2D eigenvalue weighted by Crippen LogP contribution is -2.12. The molecule has 0 atom stereocenters. The maximum atomic E-state index is 11.4. The van der Waals surface area contributed by atoms with Crippen LogP contribution in [-0.2, 0) is 7.05 Å². The number of benzene rings is 2. The molecule has 33 heavy (non-hydrogen) atoms. The molecule has 3 aromatic heterocycles. The lowest BCUT2D eigenvalue weighted by atomic mass is 10.1. The number of rotatable bonds is 6. The molecule has 2 aromatic carbocycles. The highest BCUT2D eigenvalue weighted by atomic mass is 32.1. The fourth-order valence-electron chi connectivity index (χ4n) is 3.63. The van der Waals surface area contributed by atoms with Gasteiger partial charge in [0.25, 0.3) is 5.91 Å². The number of nitrogens with two attached hydrogens (primary N) is 1. The molecular weight excluding hydrogens is 434 g/mol. The number of aryl methyl sites for hydroxylation is 2. The Hall–Kier alpha value is -4.17. The second kappa shape index (κ2) is 8.40. The molecule has 0 aliphatic carbocycles. The summed E-state index contributed by atoms with van der Waals surface area (Å²) in [6.07, 6.45) is 1.49. The molecule has 0 aliphatic rings. The number of carbonyl (C=O) groups excluding carboxylic acids is 1. The van der Waals surface area contributed by atoms with Gasteiger partial charge in [-0.15, -0.1) is 11.3 Å². The van der Waals surface area contributed by atoms with Crippen LogP contribution in [0.15, 0.2) is 72.2 Å². The van der Waals surface area contributed by atoms with E-state index in [0.717, 1.165) is 22.7 Å². The van der Waals surface area contributed by atoms with Crippen molar-refractivity contribution < 1.29 is 9.53 Å². The van der Waals surface area contributed by atoms with E-state index in [9.17, 15) is 4.79 Å². The van der Waals surface area contributed by atoms with Crippen LogP contribution in [0.4, 0.5) is 11.6 Å². The van der Waals surface area contributed by atoms with Gasteiger partial charge in [0.15, 0.2) is 0 Å². The molecule has 1 amide bonds. The number of pyridine rings is 1. The number of nitrogens with one attached hydrogen (secondary N) is 1. The van der Waals surface area contributed by atoms with E-state index in [0.29, 0.717) is 11.5 Å².